The summed E-state index contributed by atoms with van der Waals surface area (Å²) in [5.41, 5.74) is 0.968. The molecule has 0 heterocycles. The van der Waals surface area contributed by atoms with Crippen molar-refractivity contribution < 1.29 is 27.4 Å². The molecule has 150 valence electrons. The SMILES string of the molecule is O=C(O)Cc1cc(Cl)cc(Oc2ccc(S(=O)(=O)Cc3ccc(F)cc3)cc2)c1. The number of benzene rings is 3. The van der Waals surface area contributed by atoms with E-state index in [1.165, 1.54) is 60.7 Å². The molecule has 8 heteroatoms. The minimum absolute atomic E-state index is 0.104. The predicted octanol–water partition coefficient (Wildman–Crippen LogP) is 4.87. The highest BCUT2D eigenvalue weighted by Gasteiger charge is 2.16. The molecular weight excluding hydrogens is 419 g/mol. The van der Waals surface area contributed by atoms with Gasteiger partial charge in [-0.1, -0.05) is 23.7 Å². The minimum atomic E-state index is -3.61. The van der Waals surface area contributed by atoms with Crippen molar-refractivity contribution in [1.29, 1.82) is 0 Å². The van der Waals surface area contributed by atoms with Gasteiger partial charge in [0.15, 0.2) is 9.84 Å². The van der Waals surface area contributed by atoms with Crippen LogP contribution in [0.5, 0.6) is 11.5 Å². The third-order valence-corrected chi connectivity index (χ3v) is 5.90. The third kappa shape index (κ3) is 5.79. The van der Waals surface area contributed by atoms with Crippen molar-refractivity contribution in [2.45, 2.75) is 17.1 Å². The molecule has 5 nitrogen and oxygen atoms in total. The number of aliphatic carboxylic acids is 1. The fraction of sp³-hybridized carbons (Fsp3) is 0.0952. The van der Waals surface area contributed by atoms with Gasteiger partial charge in [-0.2, -0.15) is 0 Å². The van der Waals surface area contributed by atoms with Gasteiger partial charge in [0.2, 0.25) is 0 Å². The van der Waals surface area contributed by atoms with E-state index >= 15 is 0 Å². The van der Waals surface area contributed by atoms with E-state index < -0.39 is 21.6 Å². The van der Waals surface area contributed by atoms with Gasteiger partial charge in [-0.25, -0.2) is 12.8 Å². The van der Waals surface area contributed by atoms with Gasteiger partial charge in [-0.05, 0) is 65.7 Å². The maximum absolute atomic E-state index is 13.0. The first-order valence-electron chi connectivity index (χ1n) is 8.48. The lowest BCUT2D eigenvalue weighted by molar-refractivity contribution is -0.136. The zero-order valence-electron chi connectivity index (χ0n) is 15.0. The molecule has 0 aliphatic heterocycles. The van der Waals surface area contributed by atoms with Crippen LogP contribution in [-0.2, 0) is 26.8 Å². The molecule has 0 bridgehead atoms. The summed E-state index contributed by atoms with van der Waals surface area (Å²) in [7, 11) is -3.61. The van der Waals surface area contributed by atoms with Gasteiger partial charge < -0.3 is 9.84 Å². The van der Waals surface area contributed by atoms with E-state index in [0.717, 1.165) is 0 Å². The number of hydrogen-bond donors (Lipinski definition) is 1. The highest BCUT2D eigenvalue weighted by Crippen LogP contribution is 2.28. The van der Waals surface area contributed by atoms with Gasteiger partial charge in [0.25, 0.3) is 0 Å². The normalized spacial score (nSPS) is 11.2. The van der Waals surface area contributed by atoms with Crippen LogP contribution in [0.2, 0.25) is 5.02 Å². The first-order chi connectivity index (χ1) is 13.7. The molecule has 3 aromatic carbocycles. The Morgan fingerprint density at radius 2 is 1.59 bits per heavy atom. The molecule has 3 rings (SSSR count). The molecule has 0 spiro atoms. The standard InChI is InChI=1S/C21H16ClFO5S/c22-16-9-15(11-21(24)25)10-19(12-16)28-18-5-7-20(8-6-18)29(26,27)13-14-1-3-17(23)4-2-14/h1-10,12H,11,13H2,(H,24,25). The van der Waals surface area contributed by atoms with Crippen molar-refractivity contribution in [2.75, 3.05) is 0 Å². The molecule has 0 amide bonds. The van der Waals surface area contributed by atoms with E-state index in [4.69, 9.17) is 21.4 Å². The molecule has 0 aliphatic carbocycles. The molecular formula is C21H16ClFO5S. The molecule has 0 atom stereocenters. The van der Waals surface area contributed by atoms with Crippen LogP contribution in [0.15, 0.2) is 71.6 Å². The summed E-state index contributed by atoms with van der Waals surface area (Å²) in [5.74, 6) is -0.959. The Morgan fingerprint density at radius 1 is 0.931 bits per heavy atom. The Kier molecular flexibility index (Phi) is 6.20. The van der Waals surface area contributed by atoms with Crippen molar-refractivity contribution in [3.63, 3.8) is 0 Å². The van der Waals surface area contributed by atoms with Gasteiger partial charge in [0, 0.05) is 5.02 Å². The number of carboxylic acid groups (broad SMARTS) is 1. The van der Waals surface area contributed by atoms with Gasteiger partial charge >= 0.3 is 5.97 Å². The van der Waals surface area contributed by atoms with Crippen molar-refractivity contribution in [2.24, 2.45) is 0 Å². The van der Waals surface area contributed by atoms with E-state index in [-0.39, 0.29) is 17.1 Å². The molecule has 0 aliphatic rings. The summed E-state index contributed by atoms with van der Waals surface area (Å²) in [4.78, 5) is 11.0. The van der Waals surface area contributed by atoms with E-state index in [9.17, 15) is 17.6 Å². The van der Waals surface area contributed by atoms with Crippen LogP contribution in [0.25, 0.3) is 0 Å². The first kappa shape index (κ1) is 20.8. The average molecular weight is 435 g/mol. The Bertz CT molecular complexity index is 1130. The van der Waals surface area contributed by atoms with Gasteiger partial charge in [0.05, 0.1) is 17.1 Å². The third-order valence-electron chi connectivity index (χ3n) is 3.97. The van der Waals surface area contributed by atoms with Crippen LogP contribution < -0.4 is 4.74 Å². The Hall–Kier alpha value is -2.90. The lowest BCUT2D eigenvalue weighted by Gasteiger charge is -2.09. The smallest absolute Gasteiger partial charge is 0.307 e. The highest BCUT2D eigenvalue weighted by atomic mass is 35.5. The second-order valence-electron chi connectivity index (χ2n) is 6.32. The number of rotatable bonds is 7. The monoisotopic (exact) mass is 434 g/mol. The molecule has 29 heavy (non-hydrogen) atoms. The average Bonchev–Trinajstić information content (AvgIpc) is 2.63. The molecule has 0 radical (unpaired) electrons. The van der Waals surface area contributed by atoms with Crippen LogP contribution in [0.3, 0.4) is 0 Å². The maximum Gasteiger partial charge on any atom is 0.307 e. The number of hydrogen-bond acceptors (Lipinski definition) is 4. The van der Waals surface area contributed by atoms with Crippen LogP contribution in [0.4, 0.5) is 4.39 Å². The van der Waals surface area contributed by atoms with E-state index in [2.05, 4.69) is 0 Å². The molecule has 0 aromatic heterocycles. The van der Waals surface area contributed by atoms with Crippen molar-refractivity contribution in [1.82, 2.24) is 0 Å². The fourth-order valence-electron chi connectivity index (χ4n) is 2.69. The molecule has 0 saturated heterocycles. The summed E-state index contributed by atoms with van der Waals surface area (Å²) in [6.45, 7) is 0. The topological polar surface area (TPSA) is 80.7 Å². The highest BCUT2D eigenvalue weighted by molar-refractivity contribution is 7.90. The lowest BCUT2D eigenvalue weighted by Crippen LogP contribution is -2.05. The fourth-order valence-corrected chi connectivity index (χ4v) is 4.29. The van der Waals surface area contributed by atoms with Gasteiger partial charge in [-0.15, -0.1) is 0 Å². The zero-order chi connectivity index (χ0) is 21.0. The second-order valence-corrected chi connectivity index (χ2v) is 8.75. The minimum Gasteiger partial charge on any atom is -0.481 e. The van der Waals surface area contributed by atoms with Gasteiger partial charge in [-0.3, -0.25) is 4.79 Å². The van der Waals surface area contributed by atoms with Crippen LogP contribution in [0, 0.1) is 5.82 Å². The number of carboxylic acids is 1. The zero-order valence-corrected chi connectivity index (χ0v) is 16.6. The van der Waals surface area contributed by atoms with E-state index in [0.29, 0.717) is 27.6 Å². The van der Waals surface area contributed by atoms with Gasteiger partial charge in [0.1, 0.15) is 17.3 Å². The summed E-state index contributed by atoms with van der Waals surface area (Å²) in [5, 5.41) is 9.24. The lowest BCUT2D eigenvalue weighted by atomic mass is 10.1. The largest absolute Gasteiger partial charge is 0.481 e. The number of carbonyl (C=O) groups is 1. The molecule has 0 fully saturated rings. The molecule has 1 N–H and O–H groups in total. The van der Waals surface area contributed by atoms with Crippen LogP contribution >= 0.6 is 11.6 Å². The predicted molar refractivity (Wildman–Crippen MR) is 107 cm³/mol. The van der Waals surface area contributed by atoms with E-state index in [1.807, 2.05) is 0 Å². The summed E-state index contributed by atoms with van der Waals surface area (Å²) in [6, 6.07) is 15.7. The Balaban J connectivity index is 1.75. The summed E-state index contributed by atoms with van der Waals surface area (Å²) < 4.78 is 43.7. The maximum atomic E-state index is 13.0. The quantitative estimate of drug-likeness (QED) is 0.573. The number of ether oxygens (including phenoxy) is 1. The van der Waals surface area contributed by atoms with Crippen LogP contribution in [-0.4, -0.2) is 19.5 Å². The van der Waals surface area contributed by atoms with Crippen molar-refractivity contribution in [3.05, 3.63) is 88.7 Å². The molecule has 0 saturated carbocycles. The number of sulfone groups is 1. The first-order valence-corrected chi connectivity index (χ1v) is 10.5. The van der Waals surface area contributed by atoms with Crippen LogP contribution in [0.1, 0.15) is 11.1 Å². The molecule has 3 aromatic rings. The summed E-state index contributed by atoms with van der Waals surface area (Å²) >= 11 is 6.00. The number of halogens is 2. The second kappa shape index (κ2) is 8.63. The van der Waals surface area contributed by atoms with Crippen molar-refractivity contribution >= 4 is 27.4 Å². The summed E-state index contributed by atoms with van der Waals surface area (Å²) in [6.07, 6.45) is -0.197. The molecule has 0 unspecified atom stereocenters. The Morgan fingerprint density at radius 3 is 2.21 bits per heavy atom. The Labute approximate surface area is 172 Å². The van der Waals surface area contributed by atoms with E-state index in [1.54, 1.807) is 6.07 Å². The van der Waals surface area contributed by atoms with Crippen molar-refractivity contribution in [3.8, 4) is 11.5 Å².